The van der Waals surface area contributed by atoms with Gasteiger partial charge in [0.25, 0.3) is 0 Å². The number of fused-ring (bicyclic) bond motifs is 1. The molecule has 0 aromatic rings. The summed E-state index contributed by atoms with van der Waals surface area (Å²) >= 11 is 0. The summed E-state index contributed by atoms with van der Waals surface area (Å²) in [7, 11) is 0. The molecular formula is C18H33N3O4. The van der Waals surface area contributed by atoms with Crippen molar-refractivity contribution in [3.8, 4) is 0 Å². The Morgan fingerprint density at radius 2 is 2.04 bits per heavy atom. The third-order valence-electron chi connectivity index (χ3n) is 5.44. The summed E-state index contributed by atoms with van der Waals surface area (Å²) in [6.45, 7) is 5.33. The summed E-state index contributed by atoms with van der Waals surface area (Å²) in [6, 6.07) is 0.202. The van der Waals surface area contributed by atoms with E-state index in [9.17, 15) is 9.90 Å². The predicted molar refractivity (Wildman–Crippen MR) is 94.4 cm³/mol. The fraction of sp³-hybridized carbons (Fsp3) is 0.944. The van der Waals surface area contributed by atoms with Crippen molar-refractivity contribution in [2.24, 2.45) is 0 Å². The zero-order valence-electron chi connectivity index (χ0n) is 15.1. The number of carbonyl (C=O) groups is 1. The minimum atomic E-state index is -0.454. The van der Waals surface area contributed by atoms with Crippen LogP contribution in [0.5, 0.6) is 0 Å². The largest absolute Gasteiger partial charge is 0.389 e. The molecule has 25 heavy (non-hydrogen) atoms. The molecule has 0 bridgehead atoms. The van der Waals surface area contributed by atoms with Gasteiger partial charge >= 0.3 is 0 Å². The number of nitrogens with one attached hydrogen (secondary N) is 2. The molecule has 7 nitrogen and oxygen atoms in total. The van der Waals surface area contributed by atoms with Gasteiger partial charge in [0, 0.05) is 25.7 Å². The number of ether oxygens (including phenoxy) is 2. The highest BCUT2D eigenvalue weighted by atomic mass is 16.5. The van der Waals surface area contributed by atoms with Crippen LogP contribution >= 0.6 is 0 Å². The van der Waals surface area contributed by atoms with Crippen LogP contribution in [0.4, 0.5) is 0 Å². The average molecular weight is 355 g/mol. The Balaban J connectivity index is 1.34. The highest BCUT2D eigenvalue weighted by molar-refractivity contribution is 5.76. The second-order valence-electron chi connectivity index (χ2n) is 7.54. The van der Waals surface area contributed by atoms with Gasteiger partial charge in [0.05, 0.1) is 37.9 Å². The number of hydrogen-bond donors (Lipinski definition) is 3. The second-order valence-corrected chi connectivity index (χ2v) is 7.54. The Hall–Kier alpha value is -0.730. The summed E-state index contributed by atoms with van der Waals surface area (Å²) in [4.78, 5) is 14.6. The maximum absolute atomic E-state index is 12.2. The molecule has 0 saturated carbocycles. The van der Waals surface area contributed by atoms with E-state index in [1.807, 2.05) is 0 Å². The van der Waals surface area contributed by atoms with E-state index in [-0.39, 0.29) is 24.2 Å². The van der Waals surface area contributed by atoms with Gasteiger partial charge in [-0.1, -0.05) is 6.42 Å². The second kappa shape index (κ2) is 9.83. The van der Waals surface area contributed by atoms with Crippen LogP contribution in [0.25, 0.3) is 0 Å². The van der Waals surface area contributed by atoms with E-state index in [1.165, 1.54) is 19.3 Å². The molecule has 4 atom stereocenters. The molecule has 144 valence electrons. The van der Waals surface area contributed by atoms with Crippen molar-refractivity contribution in [1.82, 2.24) is 15.5 Å². The first kappa shape index (κ1) is 19.0. The molecule has 3 N–H and O–H groups in total. The molecule has 0 spiro atoms. The lowest BCUT2D eigenvalue weighted by atomic mass is 9.96. The molecule has 0 aromatic carbocycles. The van der Waals surface area contributed by atoms with Crippen molar-refractivity contribution < 1.29 is 19.4 Å². The van der Waals surface area contributed by atoms with Crippen molar-refractivity contribution in [3.05, 3.63) is 0 Å². The number of aliphatic hydroxyl groups excluding tert-OH is 1. The average Bonchev–Trinajstić information content (AvgIpc) is 2.60. The molecule has 3 saturated heterocycles. The van der Waals surface area contributed by atoms with Crippen LogP contribution in [0, 0.1) is 0 Å². The molecule has 3 rings (SSSR count). The number of nitrogens with zero attached hydrogens (tertiary/aromatic N) is 1. The first-order valence-electron chi connectivity index (χ1n) is 9.84. The zero-order chi connectivity index (χ0) is 17.5. The SMILES string of the molecule is O=C(C[C@H]1CC[C@@H]2NC[C@H](O)COC[C@H]2O1)NCCN1CCCCC1. The van der Waals surface area contributed by atoms with Gasteiger partial charge in [-0.3, -0.25) is 4.79 Å². The molecule has 0 radical (unpaired) electrons. The fourth-order valence-electron chi connectivity index (χ4n) is 3.98. The smallest absolute Gasteiger partial charge is 0.222 e. The van der Waals surface area contributed by atoms with Crippen molar-refractivity contribution >= 4 is 5.91 Å². The number of piperidine rings is 1. The number of likely N-dealkylation sites (tertiary alicyclic amines) is 1. The van der Waals surface area contributed by atoms with Crippen LogP contribution in [0.1, 0.15) is 38.5 Å². The summed E-state index contributed by atoms with van der Waals surface area (Å²) in [5.74, 6) is 0.0793. The molecule has 3 fully saturated rings. The van der Waals surface area contributed by atoms with Crippen LogP contribution in [0.3, 0.4) is 0 Å². The van der Waals surface area contributed by atoms with E-state index in [4.69, 9.17) is 9.47 Å². The highest BCUT2D eigenvalue weighted by Crippen LogP contribution is 2.23. The minimum absolute atomic E-state index is 0.0348. The van der Waals surface area contributed by atoms with E-state index in [0.29, 0.717) is 26.2 Å². The third kappa shape index (κ3) is 6.18. The van der Waals surface area contributed by atoms with Crippen LogP contribution in [0.2, 0.25) is 0 Å². The standard InChI is InChI=1S/C18H33N3O4/c22-14-11-20-16-5-4-15(25-17(16)13-24-12-14)10-18(23)19-6-9-21-7-2-1-3-8-21/h14-17,20,22H,1-13H2,(H,19,23)/t14-,15+,16-,17+/m0/s1. The van der Waals surface area contributed by atoms with Gasteiger partial charge in [0.1, 0.15) is 0 Å². The van der Waals surface area contributed by atoms with Crippen LogP contribution < -0.4 is 10.6 Å². The number of carbonyl (C=O) groups excluding carboxylic acids is 1. The summed E-state index contributed by atoms with van der Waals surface area (Å²) in [5, 5.41) is 16.1. The van der Waals surface area contributed by atoms with E-state index in [0.717, 1.165) is 39.0 Å². The third-order valence-corrected chi connectivity index (χ3v) is 5.44. The quantitative estimate of drug-likeness (QED) is 0.638. The lowest BCUT2D eigenvalue weighted by Crippen LogP contribution is -2.54. The van der Waals surface area contributed by atoms with Gasteiger partial charge in [-0.2, -0.15) is 0 Å². The monoisotopic (exact) mass is 355 g/mol. The van der Waals surface area contributed by atoms with Gasteiger partial charge in [-0.05, 0) is 38.8 Å². The lowest BCUT2D eigenvalue weighted by Gasteiger charge is -2.38. The zero-order valence-corrected chi connectivity index (χ0v) is 15.1. The van der Waals surface area contributed by atoms with Gasteiger partial charge in [-0.15, -0.1) is 0 Å². The van der Waals surface area contributed by atoms with E-state index < -0.39 is 6.10 Å². The van der Waals surface area contributed by atoms with E-state index in [2.05, 4.69) is 15.5 Å². The van der Waals surface area contributed by atoms with Gasteiger partial charge in [0.15, 0.2) is 0 Å². The minimum Gasteiger partial charge on any atom is -0.389 e. The van der Waals surface area contributed by atoms with Gasteiger partial charge in [-0.25, -0.2) is 0 Å². The molecule has 3 heterocycles. The first-order valence-corrected chi connectivity index (χ1v) is 9.84. The molecule has 1 amide bonds. The fourth-order valence-corrected chi connectivity index (χ4v) is 3.98. The maximum atomic E-state index is 12.2. The van der Waals surface area contributed by atoms with Crippen molar-refractivity contribution in [2.75, 3.05) is 45.9 Å². The van der Waals surface area contributed by atoms with E-state index in [1.54, 1.807) is 0 Å². The number of amides is 1. The molecule has 3 aliphatic heterocycles. The number of rotatable bonds is 5. The maximum Gasteiger partial charge on any atom is 0.222 e. The Labute approximate surface area is 150 Å². The van der Waals surface area contributed by atoms with Crippen molar-refractivity contribution in [3.63, 3.8) is 0 Å². The molecule has 7 heteroatoms. The van der Waals surface area contributed by atoms with Gasteiger partial charge < -0.3 is 30.1 Å². The number of β-amino-alcohol motifs (C(OH)–C–C–N with tert-alkyl or cyclic N) is 1. The molecule has 0 unspecified atom stereocenters. The number of aliphatic hydroxyl groups is 1. The van der Waals surface area contributed by atoms with Crippen LogP contribution in [0.15, 0.2) is 0 Å². The van der Waals surface area contributed by atoms with Crippen molar-refractivity contribution in [2.45, 2.75) is 62.9 Å². The summed E-state index contributed by atoms with van der Waals surface area (Å²) in [6.07, 6.45) is 5.60. The van der Waals surface area contributed by atoms with Crippen LogP contribution in [-0.2, 0) is 14.3 Å². The normalized spacial score (nSPS) is 34.6. The Morgan fingerprint density at radius 1 is 1.20 bits per heavy atom. The summed E-state index contributed by atoms with van der Waals surface area (Å²) in [5.41, 5.74) is 0. The molecule has 0 aliphatic carbocycles. The molecule has 3 aliphatic rings. The topological polar surface area (TPSA) is 83.1 Å². The van der Waals surface area contributed by atoms with Crippen molar-refractivity contribution in [1.29, 1.82) is 0 Å². The molecule has 0 aromatic heterocycles. The molecular weight excluding hydrogens is 322 g/mol. The highest BCUT2D eigenvalue weighted by Gasteiger charge is 2.33. The Morgan fingerprint density at radius 3 is 2.88 bits per heavy atom. The predicted octanol–water partition coefficient (Wildman–Crippen LogP) is -0.124. The Kier molecular flexibility index (Phi) is 7.49. The lowest BCUT2D eigenvalue weighted by molar-refractivity contribution is -0.137. The van der Waals surface area contributed by atoms with Gasteiger partial charge in [0.2, 0.25) is 5.91 Å². The van der Waals surface area contributed by atoms with Crippen LogP contribution in [-0.4, -0.2) is 86.2 Å². The summed E-state index contributed by atoms with van der Waals surface area (Å²) < 4.78 is 11.6. The van der Waals surface area contributed by atoms with E-state index >= 15 is 0 Å². The first-order chi connectivity index (χ1) is 12.2. The number of hydrogen-bond acceptors (Lipinski definition) is 6. The Bertz CT molecular complexity index is 417.